The van der Waals surface area contributed by atoms with Crippen molar-refractivity contribution in [2.75, 3.05) is 6.61 Å². The summed E-state index contributed by atoms with van der Waals surface area (Å²) in [4.78, 5) is 16.4. The van der Waals surface area contributed by atoms with Crippen LogP contribution in [0.15, 0.2) is 42.9 Å². The first-order valence-corrected chi connectivity index (χ1v) is 7.61. The number of amides is 1. The fourth-order valence-corrected chi connectivity index (χ4v) is 2.28. The van der Waals surface area contributed by atoms with Crippen LogP contribution in [0.5, 0.6) is 0 Å². The Bertz CT molecular complexity index is 595. The van der Waals surface area contributed by atoms with E-state index in [0.29, 0.717) is 0 Å². The number of aromatic nitrogens is 2. The molecule has 0 bridgehead atoms. The monoisotopic (exact) mass is 301 g/mol. The number of aliphatic hydroxyl groups is 1. The zero-order valence-electron chi connectivity index (χ0n) is 13.1. The van der Waals surface area contributed by atoms with Crippen molar-refractivity contribution >= 4 is 5.91 Å². The summed E-state index contributed by atoms with van der Waals surface area (Å²) in [6.45, 7) is 4.22. The van der Waals surface area contributed by atoms with Crippen molar-refractivity contribution in [3.63, 3.8) is 0 Å². The van der Waals surface area contributed by atoms with Gasteiger partial charge in [-0.25, -0.2) is 4.98 Å². The molecule has 2 rings (SSSR count). The molecule has 1 aromatic heterocycles. The molecule has 2 N–H and O–H groups in total. The summed E-state index contributed by atoms with van der Waals surface area (Å²) in [5.41, 5.74) is 1.86. The second-order valence-electron chi connectivity index (χ2n) is 5.54. The molecule has 0 aliphatic carbocycles. The molecule has 0 saturated carbocycles. The maximum Gasteiger partial charge on any atom is 0.240 e. The lowest BCUT2D eigenvalue weighted by atomic mass is 10.00. The standard InChI is InChI=1S/C17H23N3O2/c1-3-13(2)16(11-21)19-17(22)10-20-9-15(18-12-20)14-7-5-4-6-8-14/h4-9,12-13,16,21H,3,10-11H2,1-2H3,(H,19,22)/t13-,16-/m0/s1. The number of hydrogen-bond donors (Lipinski definition) is 2. The zero-order valence-corrected chi connectivity index (χ0v) is 13.1. The van der Waals surface area contributed by atoms with Crippen LogP contribution in [0.4, 0.5) is 0 Å². The molecule has 0 fully saturated rings. The Hall–Kier alpha value is -2.14. The number of hydrogen-bond acceptors (Lipinski definition) is 3. The Morgan fingerprint density at radius 3 is 2.73 bits per heavy atom. The van der Waals surface area contributed by atoms with Crippen molar-refractivity contribution in [3.05, 3.63) is 42.9 Å². The van der Waals surface area contributed by atoms with Gasteiger partial charge in [-0.1, -0.05) is 50.6 Å². The molecule has 0 unspecified atom stereocenters. The molecule has 2 aromatic rings. The molecule has 118 valence electrons. The second kappa shape index (κ2) is 7.75. The first-order valence-electron chi connectivity index (χ1n) is 7.61. The van der Waals surface area contributed by atoms with E-state index in [9.17, 15) is 9.90 Å². The minimum atomic E-state index is -0.199. The van der Waals surface area contributed by atoms with Gasteiger partial charge in [-0.3, -0.25) is 4.79 Å². The number of nitrogens with zero attached hydrogens (tertiary/aromatic N) is 2. The van der Waals surface area contributed by atoms with Crippen LogP contribution in [-0.4, -0.2) is 33.2 Å². The van der Waals surface area contributed by atoms with Crippen LogP contribution in [0, 0.1) is 5.92 Å². The smallest absolute Gasteiger partial charge is 0.240 e. The lowest BCUT2D eigenvalue weighted by molar-refractivity contribution is -0.123. The van der Waals surface area contributed by atoms with E-state index in [1.807, 2.05) is 50.4 Å². The Morgan fingerprint density at radius 2 is 2.09 bits per heavy atom. The number of carbonyl (C=O) groups excluding carboxylic acids is 1. The third-order valence-electron chi connectivity index (χ3n) is 3.90. The number of benzene rings is 1. The predicted octanol–water partition coefficient (Wildman–Crippen LogP) is 2.07. The zero-order chi connectivity index (χ0) is 15.9. The van der Waals surface area contributed by atoms with Crippen LogP contribution >= 0.6 is 0 Å². The third-order valence-corrected chi connectivity index (χ3v) is 3.90. The summed E-state index contributed by atoms with van der Waals surface area (Å²) in [5, 5.41) is 12.2. The Balaban J connectivity index is 1.96. The molecule has 1 aromatic carbocycles. The fourth-order valence-electron chi connectivity index (χ4n) is 2.28. The van der Waals surface area contributed by atoms with Gasteiger partial charge in [0.1, 0.15) is 6.54 Å². The summed E-state index contributed by atoms with van der Waals surface area (Å²) in [5.74, 6) is 0.132. The Labute approximate surface area is 131 Å². The molecular formula is C17H23N3O2. The van der Waals surface area contributed by atoms with E-state index < -0.39 is 0 Å². The van der Waals surface area contributed by atoms with Crippen molar-refractivity contribution in [1.82, 2.24) is 14.9 Å². The summed E-state index contributed by atoms with van der Waals surface area (Å²) in [6.07, 6.45) is 4.42. The minimum absolute atomic E-state index is 0.0417. The normalized spacial score (nSPS) is 13.6. The molecule has 5 nitrogen and oxygen atoms in total. The number of nitrogens with one attached hydrogen (secondary N) is 1. The Morgan fingerprint density at radius 1 is 1.36 bits per heavy atom. The van der Waals surface area contributed by atoms with Crippen LogP contribution in [0.1, 0.15) is 20.3 Å². The van der Waals surface area contributed by atoms with E-state index in [4.69, 9.17) is 0 Å². The second-order valence-corrected chi connectivity index (χ2v) is 5.54. The van der Waals surface area contributed by atoms with Crippen molar-refractivity contribution in [2.24, 2.45) is 5.92 Å². The molecule has 1 heterocycles. The molecule has 1 amide bonds. The molecule has 0 aliphatic heterocycles. The van der Waals surface area contributed by atoms with E-state index in [2.05, 4.69) is 10.3 Å². The Kier molecular flexibility index (Phi) is 5.72. The van der Waals surface area contributed by atoms with E-state index in [-0.39, 0.29) is 31.0 Å². The molecule has 0 saturated heterocycles. The number of imidazole rings is 1. The first-order chi connectivity index (χ1) is 10.6. The van der Waals surface area contributed by atoms with Crippen LogP contribution < -0.4 is 5.32 Å². The third kappa shape index (κ3) is 4.18. The van der Waals surface area contributed by atoms with E-state index in [0.717, 1.165) is 17.7 Å². The van der Waals surface area contributed by atoms with Crippen molar-refractivity contribution in [2.45, 2.75) is 32.9 Å². The largest absolute Gasteiger partial charge is 0.394 e. The average molecular weight is 301 g/mol. The molecule has 2 atom stereocenters. The minimum Gasteiger partial charge on any atom is -0.394 e. The molecule has 5 heteroatoms. The topological polar surface area (TPSA) is 67.2 Å². The van der Waals surface area contributed by atoms with E-state index in [1.54, 1.807) is 10.9 Å². The van der Waals surface area contributed by atoms with E-state index in [1.165, 1.54) is 0 Å². The maximum atomic E-state index is 12.1. The van der Waals surface area contributed by atoms with E-state index >= 15 is 0 Å². The summed E-state index contributed by atoms with van der Waals surface area (Å²) >= 11 is 0. The van der Waals surface area contributed by atoms with Gasteiger partial charge in [0.15, 0.2) is 0 Å². The average Bonchev–Trinajstić information content (AvgIpc) is 3.01. The highest BCUT2D eigenvalue weighted by atomic mass is 16.3. The molecule has 22 heavy (non-hydrogen) atoms. The highest BCUT2D eigenvalue weighted by Crippen LogP contribution is 2.15. The molecule has 0 radical (unpaired) electrons. The van der Waals surface area contributed by atoms with Crippen LogP contribution in [0.2, 0.25) is 0 Å². The van der Waals surface area contributed by atoms with Crippen LogP contribution in [0.3, 0.4) is 0 Å². The van der Waals surface area contributed by atoms with Gasteiger partial charge < -0.3 is 15.0 Å². The van der Waals surface area contributed by atoms with Gasteiger partial charge in [-0.05, 0) is 5.92 Å². The fraction of sp³-hybridized carbons (Fsp3) is 0.412. The molecular weight excluding hydrogens is 278 g/mol. The highest BCUT2D eigenvalue weighted by Gasteiger charge is 2.17. The molecule has 0 aliphatic rings. The van der Waals surface area contributed by atoms with Gasteiger partial charge in [0, 0.05) is 11.8 Å². The van der Waals surface area contributed by atoms with Crippen LogP contribution in [0.25, 0.3) is 11.3 Å². The summed E-state index contributed by atoms with van der Waals surface area (Å²) in [7, 11) is 0. The SMILES string of the molecule is CC[C@H](C)[C@H](CO)NC(=O)Cn1cnc(-c2ccccc2)c1. The molecule has 0 spiro atoms. The van der Waals surface area contributed by atoms with Gasteiger partial charge in [-0.2, -0.15) is 0 Å². The first kappa shape index (κ1) is 16.2. The lowest BCUT2D eigenvalue weighted by Crippen LogP contribution is -2.43. The van der Waals surface area contributed by atoms with Gasteiger partial charge in [-0.15, -0.1) is 0 Å². The predicted molar refractivity (Wildman–Crippen MR) is 86.1 cm³/mol. The van der Waals surface area contributed by atoms with Crippen molar-refractivity contribution < 1.29 is 9.90 Å². The quantitative estimate of drug-likeness (QED) is 0.822. The summed E-state index contributed by atoms with van der Waals surface area (Å²) < 4.78 is 1.75. The van der Waals surface area contributed by atoms with Crippen molar-refractivity contribution in [1.29, 1.82) is 0 Å². The number of rotatable bonds is 7. The lowest BCUT2D eigenvalue weighted by Gasteiger charge is -2.22. The van der Waals surface area contributed by atoms with Crippen LogP contribution in [-0.2, 0) is 11.3 Å². The maximum absolute atomic E-state index is 12.1. The number of carbonyl (C=O) groups is 1. The van der Waals surface area contributed by atoms with Gasteiger partial charge in [0.05, 0.1) is 24.7 Å². The number of aliphatic hydroxyl groups excluding tert-OH is 1. The van der Waals surface area contributed by atoms with Crippen molar-refractivity contribution in [3.8, 4) is 11.3 Å². The van der Waals surface area contributed by atoms with Gasteiger partial charge >= 0.3 is 0 Å². The summed E-state index contributed by atoms with van der Waals surface area (Å²) in [6, 6.07) is 9.64. The highest BCUT2D eigenvalue weighted by molar-refractivity contribution is 5.76. The van der Waals surface area contributed by atoms with Gasteiger partial charge in [0.25, 0.3) is 0 Å². The van der Waals surface area contributed by atoms with Gasteiger partial charge in [0.2, 0.25) is 5.91 Å².